The van der Waals surface area contributed by atoms with Gasteiger partial charge in [-0.15, -0.1) is 0 Å². The molecule has 0 aliphatic carbocycles. The van der Waals surface area contributed by atoms with E-state index >= 15 is 0 Å². The minimum absolute atomic E-state index is 0.144. The fourth-order valence-electron chi connectivity index (χ4n) is 2.06. The number of benzene rings is 2. The van der Waals surface area contributed by atoms with Crippen molar-refractivity contribution in [2.24, 2.45) is 5.92 Å². The number of rotatable bonds is 6. The Bertz CT molecular complexity index is 797. The highest BCUT2D eigenvalue weighted by Gasteiger charge is 2.10. The van der Waals surface area contributed by atoms with Crippen LogP contribution in [0.5, 0.6) is 5.75 Å². The molecule has 2 aromatic carbocycles. The van der Waals surface area contributed by atoms with Gasteiger partial charge in [-0.1, -0.05) is 43.1 Å². The van der Waals surface area contributed by atoms with Gasteiger partial charge in [-0.05, 0) is 61.0 Å². The number of hydrogen-bond donors (Lipinski definition) is 2. The van der Waals surface area contributed by atoms with E-state index in [1.54, 1.807) is 36.4 Å². The van der Waals surface area contributed by atoms with Crippen LogP contribution in [0.15, 0.2) is 42.5 Å². The molecule has 2 N–H and O–H groups in total. The molecule has 0 radical (unpaired) electrons. The van der Waals surface area contributed by atoms with Crippen molar-refractivity contribution in [3.63, 3.8) is 0 Å². The number of amides is 1. The number of carbonyl (C=O) groups is 1. The zero-order valence-corrected chi connectivity index (χ0v) is 16.8. The van der Waals surface area contributed by atoms with E-state index in [4.69, 9.17) is 40.2 Å². The zero-order chi connectivity index (χ0) is 19.1. The molecule has 0 heterocycles. The first kappa shape index (κ1) is 20.5. The minimum Gasteiger partial charge on any atom is -0.494 e. The van der Waals surface area contributed by atoms with Crippen molar-refractivity contribution in [1.82, 2.24) is 5.32 Å². The molecule has 4 nitrogen and oxygen atoms in total. The number of ether oxygens (including phenoxy) is 1. The fraction of sp³-hybridized carbons (Fsp3) is 0.263. The largest absolute Gasteiger partial charge is 0.494 e. The molecule has 138 valence electrons. The van der Waals surface area contributed by atoms with Gasteiger partial charge in [0, 0.05) is 10.6 Å². The van der Waals surface area contributed by atoms with Crippen LogP contribution in [0.4, 0.5) is 5.69 Å². The standard InChI is InChI=1S/C19H20Cl2N2O2S/c1-12(2)8-9-25-15-5-3-4-13(10-15)18(24)23-19(26)22-17-7-6-14(20)11-16(17)21/h3-7,10-12H,8-9H2,1-2H3,(H2,22,23,24,26). The SMILES string of the molecule is CC(C)CCOc1cccc(C(=O)NC(=S)Nc2ccc(Cl)cc2Cl)c1. The van der Waals surface area contributed by atoms with Crippen LogP contribution in [0.3, 0.4) is 0 Å². The van der Waals surface area contributed by atoms with Gasteiger partial charge in [0.05, 0.1) is 17.3 Å². The number of nitrogens with one attached hydrogen (secondary N) is 2. The maximum atomic E-state index is 12.4. The van der Waals surface area contributed by atoms with E-state index in [-0.39, 0.29) is 11.0 Å². The lowest BCUT2D eigenvalue weighted by Gasteiger charge is -2.12. The Morgan fingerprint density at radius 1 is 1.19 bits per heavy atom. The summed E-state index contributed by atoms with van der Waals surface area (Å²) in [7, 11) is 0. The van der Waals surface area contributed by atoms with Crippen LogP contribution >= 0.6 is 35.4 Å². The summed E-state index contributed by atoms with van der Waals surface area (Å²) < 4.78 is 5.68. The first-order valence-electron chi connectivity index (χ1n) is 8.15. The predicted molar refractivity (Wildman–Crippen MR) is 112 cm³/mol. The molecule has 0 unspecified atom stereocenters. The molecule has 0 fully saturated rings. The molecule has 1 amide bonds. The van der Waals surface area contributed by atoms with E-state index < -0.39 is 0 Å². The van der Waals surface area contributed by atoms with Gasteiger partial charge in [0.2, 0.25) is 0 Å². The molecule has 0 aromatic heterocycles. The topological polar surface area (TPSA) is 50.4 Å². The van der Waals surface area contributed by atoms with Crippen molar-refractivity contribution < 1.29 is 9.53 Å². The van der Waals surface area contributed by atoms with Gasteiger partial charge in [0.1, 0.15) is 5.75 Å². The van der Waals surface area contributed by atoms with E-state index in [1.807, 2.05) is 6.07 Å². The molecule has 0 saturated carbocycles. The van der Waals surface area contributed by atoms with Crippen LogP contribution in [0.25, 0.3) is 0 Å². The first-order valence-corrected chi connectivity index (χ1v) is 9.32. The van der Waals surface area contributed by atoms with E-state index in [0.29, 0.717) is 39.6 Å². The number of thiocarbonyl (C=S) groups is 1. The summed E-state index contributed by atoms with van der Waals surface area (Å²) in [6.07, 6.45) is 0.951. The molecular weight excluding hydrogens is 391 g/mol. The second-order valence-electron chi connectivity index (χ2n) is 6.09. The van der Waals surface area contributed by atoms with Crippen molar-refractivity contribution in [2.75, 3.05) is 11.9 Å². The summed E-state index contributed by atoms with van der Waals surface area (Å²) in [6.45, 7) is 4.88. The van der Waals surface area contributed by atoms with Crippen molar-refractivity contribution in [3.8, 4) is 5.75 Å². The third kappa shape index (κ3) is 6.48. The molecule has 7 heteroatoms. The molecule has 26 heavy (non-hydrogen) atoms. The van der Waals surface area contributed by atoms with Crippen molar-refractivity contribution in [1.29, 1.82) is 0 Å². The highest BCUT2D eigenvalue weighted by molar-refractivity contribution is 7.80. The van der Waals surface area contributed by atoms with E-state index in [9.17, 15) is 4.79 Å². The molecule has 2 rings (SSSR count). The van der Waals surface area contributed by atoms with Gasteiger partial charge in [-0.2, -0.15) is 0 Å². The monoisotopic (exact) mass is 410 g/mol. The van der Waals surface area contributed by atoms with Crippen LogP contribution in [0.1, 0.15) is 30.6 Å². The Balaban J connectivity index is 1.95. The zero-order valence-electron chi connectivity index (χ0n) is 14.5. The second kappa shape index (κ2) is 9.76. The molecule has 0 atom stereocenters. The lowest BCUT2D eigenvalue weighted by molar-refractivity contribution is 0.0977. The Kier molecular flexibility index (Phi) is 7.69. The van der Waals surface area contributed by atoms with Gasteiger partial charge in [-0.25, -0.2) is 0 Å². The molecule has 0 aliphatic rings. The predicted octanol–water partition coefficient (Wildman–Crippen LogP) is 5.55. The third-order valence-corrected chi connectivity index (χ3v) is 4.22. The summed E-state index contributed by atoms with van der Waals surface area (Å²) in [6, 6.07) is 11.9. The average molecular weight is 411 g/mol. The normalized spacial score (nSPS) is 10.5. The van der Waals surface area contributed by atoms with Crippen molar-refractivity contribution >= 4 is 52.1 Å². The van der Waals surface area contributed by atoms with Crippen molar-refractivity contribution in [2.45, 2.75) is 20.3 Å². The van der Waals surface area contributed by atoms with E-state index in [1.165, 1.54) is 0 Å². The molecule has 2 aromatic rings. The van der Waals surface area contributed by atoms with Gasteiger partial charge in [-0.3, -0.25) is 10.1 Å². The summed E-state index contributed by atoms with van der Waals surface area (Å²) in [4.78, 5) is 12.4. The van der Waals surface area contributed by atoms with Crippen LogP contribution in [-0.4, -0.2) is 17.6 Å². The second-order valence-corrected chi connectivity index (χ2v) is 7.34. The smallest absolute Gasteiger partial charge is 0.257 e. The number of halogens is 2. The van der Waals surface area contributed by atoms with E-state index in [0.717, 1.165) is 6.42 Å². The first-order chi connectivity index (χ1) is 12.3. The fourth-order valence-corrected chi connectivity index (χ4v) is 2.72. The van der Waals surface area contributed by atoms with Crippen molar-refractivity contribution in [3.05, 3.63) is 58.1 Å². The average Bonchev–Trinajstić information content (AvgIpc) is 2.57. The van der Waals surface area contributed by atoms with Gasteiger partial charge in [0.15, 0.2) is 5.11 Å². The van der Waals surface area contributed by atoms with Crippen LogP contribution in [0.2, 0.25) is 10.0 Å². The summed E-state index contributed by atoms with van der Waals surface area (Å²) in [5.41, 5.74) is 1.02. The number of anilines is 1. The molecular formula is C19H20Cl2N2O2S. The number of hydrogen-bond acceptors (Lipinski definition) is 3. The van der Waals surface area contributed by atoms with Crippen LogP contribution in [-0.2, 0) is 0 Å². The highest BCUT2D eigenvalue weighted by Crippen LogP contribution is 2.25. The quantitative estimate of drug-likeness (QED) is 0.613. The maximum Gasteiger partial charge on any atom is 0.257 e. The van der Waals surface area contributed by atoms with Crippen LogP contribution < -0.4 is 15.4 Å². The lowest BCUT2D eigenvalue weighted by Crippen LogP contribution is -2.34. The maximum absolute atomic E-state index is 12.4. The molecule has 0 spiro atoms. The molecule has 0 bridgehead atoms. The highest BCUT2D eigenvalue weighted by atomic mass is 35.5. The summed E-state index contributed by atoms with van der Waals surface area (Å²) in [5, 5.41) is 6.57. The van der Waals surface area contributed by atoms with Gasteiger partial charge >= 0.3 is 0 Å². The molecule has 0 aliphatic heterocycles. The number of carbonyl (C=O) groups excluding carboxylic acids is 1. The lowest BCUT2D eigenvalue weighted by atomic mass is 10.1. The summed E-state index contributed by atoms with van der Waals surface area (Å²) >= 11 is 17.1. The Labute approximate surface area is 168 Å². The Hall–Kier alpha value is -1.82. The third-order valence-electron chi connectivity index (χ3n) is 3.47. The van der Waals surface area contributed by atoms with E-state index in [2.05, 4.69) is 24.5 Å². The minimum atomic E-state index is -0.332. The van der Waals surface area contributed by atoms with Crippen LogP contribution in [0, 0.1) is 5.92 Å². The molecule has 0 saturated heterocycles. The Morgan fingerprint density at radius 2 is 1.96 bits per heavy atom. The van der Waals surface area contributed by atoms with Gasteiger partial charge in [0.25, 0.3) is 5.91 Å². The van der Waals surface area contributed by atoms with Gasteiger partial charge < -0.3 is 10.1 Å². The summed E-state index contributed by atoms with van der Waals surface area (Å²) in [5.74, 6) is 0.879. The Morgan fingerprint density at radius 3 is 2.65 bits per heavy atom.